The van der Waals surface area contributed by atoms with Crippen LogP contribution in [-0.2, 0) is 6.42 Å². The normalized spacial score (nSPS) is 22.3. The molecule has 3 rings (SSSR count). The van der Waals surface area contributed by atoms with E-state index in [1.165, 1.54) is 5.56 Å². The molecule has 0 saturated carbocycles. The Kier molecular flexibility index (Phi) is 5.00. The Balaban J connectivity index is 1.51. The van der Waals surface area contributed by atoms with Crippen molar-refractivity contribution in [2.45, 2.75) is 32.4 Å². The van der Waals surface area contributed by atoms with Gasteiger partial charge in [0.15, 0.2) is 0 Å². The summed E-state index contributed by atoms with van der Waals surface area (Å²) >= 11 is 0. The molecule has 1 aromatic carbocycles. The van der Waals surface area contributed by atoms with Gasteiger partial charge in [-0.05, 0) is 50.1 Å². The molecule has 0 bridgehead atoms. The number of nitrogens with one attached hydrogen (secondary N) is 3. The van der Waals surface area contributed by atoms with Crippen molar-refractivity contribution in [3.05, 3.63) is 53.5 Å². The molecule has 0 radical (unpaired) electrons. The number of phenols is 1. The highest BCUT2D eigenvalue weighted by molar-refractivity contribution is 5.26. The highest BCUT2D eigenvalue weighted by Gasteiger charge is 2.30. The van der Waals surface area contributed by atoms with Gasteiger partial charge < -0.3 is 14.8 Å². The molecular weight excluding hydrogens is 290 g/mol. The smallest absolute Gasteiger partial charge is 0.122 e. The van der Waals surface area contributed by atoms with Crippen molar-refractivity contribution in [2.75, 3.05) is 13.1 Å². The summed E-state index contributed by atoms with van der Waals surface area (Å²) in [6, 6.07) is 12.1. The molecule has 1 aliphatic rings. The van der Waals surface area contributed by atoms with Crippen LogP contribution in [0.25, 0.3) is 0 Å². The zero-order chi connectivity index (χ0) is 16.2. The number of aromatic hydroxyl groups is 1. The summed E-state index contributed by atoms with van der Waals surface area (Å²) < 4.78 is 5.76. The van der Waals surface area contributed by atoms with Gasteiger partial charge in [0.1, 0.15) is 17.3 Å². The maximum Gasteiger partial charge on any atom is 0.122 e. The van der Waals surface area contributed by atoms with Gasteiger partial charge in [0, 0.05) is 25.0 Å². The van der Waals surface area contributed by atoms with E-state index in [-0.39, 0.29) is 6.04 Å². The summed E-state index contributed by atoms with van der Waals surface area (Å²) in [4.78, 5) is 0. The molecule has 3 unspecified atom stereocenters. The van der Waals surface area contributed by atoms with Gasteiger partial charge >= 0.3 is 0 Å². The second-order valence-electron chi connectivity index (χ2n) is 6.39. The predicted molar refractivity (Wildman–Crippen MR) is 90.1 cm³/mol. The molecule has 2 heterocycles. The fourth-order valence-electron chi connectivity index (χ4n) is 3.06. The van der Waals surface area contributed by atoms with E-state index < -0.39 is 0 Å². The highest BCUT2D eigenvalue weighted by atomic mass is 16.3. The Bertz CT molecular complexity index is 623. The van der Waals surface area contributed by atoms with Crippen molar-refractivity contribution in [3.63, 3.8) is 0 Å². The van der Waals surface area contributed by atoms with Gasteiger partial charge in [-0.2, -0.15) is 0 Å². The fourth-order valence-corrected chi connectivity index (χ4v) is 3.06. The van der Waals surface area contributed by atoms with E-state index >= 15 is 0 Å². The Morgan fingerprint density at radius 1 is 1.26 bits per heavy atom. The summed E-state index contributed by atoms with van der Waals surface area (Å²) in [6.45, 7) is 6.00. The van der Waals surface area contributed by atoms with Crippen LogP contribution in [0.15, 0.2) is 40.8 Å². The van der Waals surface area contributed by atoms with Crippen LogP contribution in [0.1, 0.15) is 30.0 Å². The van der Waals surface area contributed by atoms with Crippen molar-refractivity contribution in [3.8, 4) is 5.75 Å². The molecule has 1 fully saturated rings. The van der Waals surface area contributed by atoms with Crippen LogP contribution in [0.5, 0.6) is 5.75 Å². The second-order valence-corrected chi connectivity index (χ2v) is 6.39. The number of furan rings is 1. The summed E-state index contributed by atoms with van der Waals surface area (Å²) in [5.41, 5.74) is 7.76. The third kappa shape index (κ3) is 4.13. The minimum Gasteiger partial charge on any atom is -0.508 e. The van der Waals surface area contributed by atoms with E-state index in [0.29, 0.717) is 17.7 Å². The Labute approximate surface area is 137 Å². The molecule has 1 aromatic heterocycles. The number of phenolic OH excluding ortho intramolecular Hbond substituents is 1. The lowest BCUT2D eigenvalue weighted by Crippen LogP contribution is -2.35. The van der Waals surface area contributed by atoms with Crippen molar-refractivity contribution >= 4 is 0 Å². The van der Waals surface area contributed by atoms with E-state index in [4.69, 9.17) is 4.42 Å². The molecule has 23 heavy (non-hydrogen) atoms. The maximum absolute atomic E-state index is 9.34. The van der Waals surface area contributed by atoms with Crippen molar-refractivity contribution in [1.82, 2.24) is 16.2 Å². The number of hydrazine groups is 1. The van der Waals surface area contributed by atoms with Gasteiger partial charge in [-0.3, -0.25) is 5.43 Å². The van der Waals surface area contributed by atoms with Gasteiger partial charge in [-0.25, -0.2) is 5.43 Å². The first-order valence-electron chi connectivity index (χ1n) is 8.18. The minimum absolute atomic E-state index is 0.206. The molecule has 0 amide bonds. The largest absolute Gasteiger partial charge is 0.508 e. The Morgan fingerprint density at radius 2 is 2.04 bits per heavy atom. The van der Waals surface area contributed by atoms with Gasteiger partial charge in [0.25, 0.3) is 0 Å². The summed E-state index contributed by atoms with van der Waals surface area (Å²) in [5.74, 6) is 2.70. The van der Waals surface area contributed by atoms with Crippen molar-refractivity contribution in [1.29, 1.82) is 0 Å². The molecule has 5 nitrogen and oxygen atoms in total. The lowest BCUT2D eigenvalue weighted by molar-refractivity contribution is 0.351. The lowest BCUT2D eigenvalue weighted by Gasteiger charge is -2.20. The van der Waals surface area contributed by atoms with Crippen LogP contribution < -0.4 is 16.2 Å². The SMILES string of the molecule is Cc1ccc(C2NNCC2CNC(C)Cc2ccc(O)cc2)o1. The van der Waals surface area contributed by atoms with E-state index in [1.807, 2.05) is 31.2 Å². The van der Waals surface area contributed by atoms with Crippen LogP contribution >= 0.6 is 0 Å². The number of aryl methyl sites for hydroxylation is 1. The van der Waals surface area contributed by atoms with Crippen LogP contribution in [0, 0.1) is 12.8 Å². The van der Waals surface area contributed by atoms with E-state index in [2.05, 4.69) is 23.1 Å². The fraction of sp³-hybridized carbons (Fsp3) is 0.444. The Hall–Kier alpha value is -1.82. The average Bonchev–Trinajstić information content (AvgIpc) is 3.16. The van der Waals surface area contributed by atoms with E-state index in [0.717, 1.165) is 31.0 Å². The first-order chi connectivity index (χ1) is 11.1. The molecule has 4 N–H and O–H groups in total. The topological polar surface area (TPSA) is 69.5 Å². The number of hydrogen-bond acceptors (Lipinski definition) is 5. The third-order valence-corrected chi connectivity index (χ3v) is 4.37. The maximum atomic E-state index is 9.34. The molecule has 5 heteroatoms. The van der Waals surface area contributed by atoms with Crippen molar-refractivity contribution in [2.24, 2.45) is 5.92 Å². The predicted octanol–water partition coefficient (Wildman–Crippen LogP) is 2.28. The first-order valence-corrected chi connectivity index (χ1v) is 8.18. The van der Waals surface area contributed by atoms with Crippen LogP contribution in [0.2, 0.25) is 0 Å². The summed E-state index contributed by atoms with van der Waals surface area (Å²) in [7, 11) is 0. The monoisotopic (exact) mass is 315 g/mol. The third-order valence-electron chi connectivity index (χ3n) is 4.37. The van der Waals surface area contributed by atoms with Crippen LogP contribution in [0.4, 0.5) is 0 Å². The molecule has 0 spiro atoms. The summed E-state index contributed by atoms with van der Waals surface area (Å²) in [5, 5.41) is 12.9. The van der Waals surface area contributed by atoms with Gasteiger partial charge in [-0.15, -0.1) is 0 Å². The number of rotatable bonds is 6. The molecule has 124 valence electrons. The quantitative estimate of drug-likeness (QED) is 0.658. The molecule has 0 aliphatic carbocycles. The minimum atomic E-state index is 0.206. The van der Waals surface area contributed by atoms with Gasteiger partial charge in [0.05, 0.1) is 6.04 Å². The van der Waals surface area contributed by atoms with Gasteiger partial charge in [-0.1, -0.05) is 12.1 Å². The molecule has 3 atom stereocenters. The zero-order valence-electron chi connectivity index (χ0n) is 13.7. The lowest BCUT2D eigenvalue weighted by atomic mass is 9.99. The van der Waals surface area contributed by atoms with Gasteiger partial charge in [0.2, 0.25) is 0 Å². The standard InChI is InChI=1S/C18H25N3O2/c1-12(9-14-4-6-16(22)7-5-14)19-10-15-11-20-21-18(15)17-8-3-13(2)23-17/h3-8,12,15,18-22H,9-11H2,1-2H3. The van der Waals surface area contributed by atoms with E-state index in [9.17, 15) is 5.11 Å². The van der Waals surface area contributed by atoms with Crippen molar-refractivity contribution < 1.29 is 9.52 Å². The number of benzene rings is 1. The second kappa shape index (κ2) is 7.17. The zero-order valence-corrected chi connectivity index (χ0v) is 13.7. The molecule has 1 aliphatic heterocycles. The molecular formula is C18H25N3O2. The summed E-state index contributed by atoms with van der Waals surface area (Å²) in [6.07, 6.45) is 0.943. The molecule has 1 saturated heterocycles. The Morgan fingerprint density at radius 3 is 2.74 bits per heavy atom. The van der Waals surface area contributed by atoms with Crippen LogP contribution in [-0.4, -0.2) is 24.2 Å². The highest BCUT2D eigenvalue weighted by Crippen LogP contribution is 2.26. The van der Waals surface area contributed by atoms with E-state index in [1.54, 1.807) is 12.1 Å². The first kappa shape index (κ1) is 16.1. The van der Waals surface area contributed by atoms with Crippen LogP contribution in [0.3, 0.4) is 0 Å². The average molecular weight is 315 g/mol. The molecule has 2 aromatic rings. The number of hydrogen-bond donors (Lipinski definition) is 4.